The van der Waals surface area contributed by atoms with Crippen LogP contribution in [0.25, 0.3) is 0 Å². The van der Waals surface area contributed by atoms with Crippen LogP contribution in [0.15, 0.2) is 36.5 Å². The molecule has 0 aromatic heterocycles. The molecule has 0 radical (unpaired) electrons. The minimum Gasteiger partial charge on any atom is -0.156 e. The van der Waals surface area contributed by atoms with Crippen molar-refractivity contribution in [2.45, 2.75) is 51.0 Å². The zero-order valence-electron chi connectivity index (χ0n) is 13.0. The molecule has 2 heteroatoms. The van der Waals surface area contributed by atoms with E-state index in [1.54, 1.807) is 0 Å². The van der Waals surface area contributed by atoms with Gasteiger partial charge in [0, 0.05) is 21.5 Å². The first-order valence-corrected chi connectivity index (χ1v) is 9.05. The number of allylic oxidation sites excluding steroid dienone is 5. The van der Waals surface area contributed by atoms with Gasteiger partial charge in [-0.1, -0.05) is 58.6 Å². The lowest BCUT2D eigenvalue weighted by molar-refractivity contribution is 0.372. The van der Waals surface area contributed by atoms with Gasteiger partial charge in [-0.2, -0.15) is 23.5 Å². The Morgan fingerprint density at radius 2 is 2.00 bits per heavy atom. The monoisotopic (exact) mass is 296 g/mol. The highest BCUT2D eigenvalue weighted by Crippen LogP contribution is 2.44. The van der Waals surface area contributed by atoms with Crippen molar-refractivity contribution < 1.29 is 0 Å². The Morgan fingerprint density at radius 3 is 2.47 bits per heavy atom. The predicted molar refractivity (Wildman–Crippen MR) is 94.3 cm³/mol. The number of thioether (sulfide) groups is 2. The van der Waals surface area contributed by atoms with E-state index < -0.39 is 0 Å². The van der Waals surface area contributed by atoms with Crippen LogP contribution in [-0.2, 0) is 0 Å². The number of hydrogen-bond donors (Lipinski definition) is 0. The van der Waals surface area contributed by atoms with Gasteiger partial charge in [0.25, 0.3) is 0 Å². The summed E-state index contributed by atoms with van der Waals surface area (Å²) in [5.41, 5.74) is 1.61. The van der Waals surface area contributed by atoms with Gasteiger partial charge < -0.3 is 0 Å². The highest BCUT2D eigenvalue weighted by atomic mass is 32.2. The van der Waals surface area contributed by atoms with E-state index in [1.807, 2.05) is 12.2 Å². The summed E-state index contributed by atoms with van der Waals surface area (Å²) in [7, 11) is 0. The molecule has 0 aliphatic carbocycles. The Morgan fingerprint density at radius 1 is 1.37 bits per heavy atom. The summed E-state index contributed by atoms with van der Waals surface area (Å²) in [5, 5.41) is 0.925. The van der Waals surface area contributed by atoms with Crippen LogP contribution < -0.4 is 0 Å². The number of rotatable bonds is 8. The zero-order valence-corrected chi connectivity index (χ0v) is 14.7. The van der Waals surface area contributed by atoms with Gasteiger partial charge in [0.15, 0.2) is 0 Å². The third-order valence-corrected chi connectivity index (χ3v) is 6.11. The molecule has 1 atom stereocenters. The summed E-state index contributed by atoms with van der Waals surface area (Å²) in [6.07, 6.45) is 9.52. The first-order valence-electron chi connectivity index (χ1n) is 7.02. The summed E-state index contributed by atoms with van der Waals surface area (Å²) in [4.78, 5) is 0. The molecular formula is C17H28S2. The Balaban J connectivity index is 2.63. The van der Waals surface area contributed by atoms with Crippen molar-refractivity contribution in [3.8, 4) is 0 Å². The predicted octanol–water partition coefficient (Wildman–Crippen LogP) is 5.72. The summed E-state index contributed by atoms with van der Waals surface area (Å²) in [6, 6.07) is 0. The molecule has 108 valence electrons. The van der Waals surface area contributed by atoms with E-state index in [1.165, 1.54) is 23.5 Å². The molecule has 1 aliphatic heterocycles. The lowest BCUT2D eigenvalue weighted by Crippen LogP contribution is -2.27. The molecule has 0 spiro atoms. The molecule has 0 saturated carbocycles. The van der Waals surface area contributed by atoms with E-state index in [9.17, 15) is 0 Å². The van der Waals surface area contributed by atoms with Gasteiger partial charge >= 0.3 is 0 Å². The Hall–Kier alpha value is -0.0800. The van der Waals surface area contributed by atoms with Gasteiger partial charge in [-0.15, -0.1) is 0 Å². The summed E-state index contributed by atoms with van der Waals surface area (Å²) in [6.45, 7) is 15.4. The van der Waals surface area contributed by atoms with E-state index >= 15 is 0 Å². The second-order valence-electron chi connectivity index (χ2n) is 6.43. The van der Waals surface area contributed by atoms with Crippen LogP contribution in [-0.4, -0.2) is 21.5 Å². The van der Waals surface area contributed by atoms with E-state index in [0.29, 0.717) is 4.75 Å². The van der Waals surface area contributed by atoms with Crippen molar-refractivity contribution in [3.63, 3.8) is 0 Å². The maximum absolute atomic E-state index is 3.76. The maximum atomic E-state index is 3.76. The Labute approximate surface area is 128 Å². The normalized spacial score (nSPS) is 20.9. The molecule has 0 N–H and O–H groups in total. The van der Waals surface area contributed by atoms with E-state index in [4.69, 9.17) is 0 Å². The molecule has 1 rings (SSSR count). The molecule has 1 fully saturated rings. The van der Waals surface area contributed by atoms with Gasteiger partial charge in [-0.25, -0.2) is 0 Å². The summed E-state index contributed by atoms with van der Waals surface area (Å²) < 4.78 is 0.336. The fourth-order valence-corrected chi connectivity index (χ4v) is 4.79. The average Bonchev–Trinajstić information content (AvgIpc) is 3.09. The molecule has 0 aromatic rings. The largest absolute Gasteiger partial charge is 0.156 e. The van der Waals surface area contributed by atoms with Gasteiger partial charge in [0.2, 0.25) is 0 Å². The zero-order chi connectivity index (χ0) is 14.5. The first-order chi connectivity index (χ1) is 8.80. The van der Waals surface area contributed by atoms with Crippen LogP contribution in [0.2, 0.25) is 0 Å². The smallest absolute Gasteiger partial charge is 0.0229 e. The third kappa shape index (κ3) is 6.27. The summed E-state index contributed by atoms with van der Waals surface area (Å²) in [5.74, 6) is 2.68. The Kier molecular flexibility index (Phi) is 6.32. The van der Waals surface area contributed by atoms with Crippen molar-refractivity contribution in [2.75, 3.05) is 11.5 Å². The second-order valence-corrected chi connectivity index (χ2v) is 9.49. The second kappa shape index (κ2) is 7.08. The lowest BCUT2D eigenvalue weighted by atomic mass is 9.76. The standard InChI is InChI=1S/C17H28S2/c1-7-9-10-14(8-2)16(3,4)13-17(5,6)19-12-15-11-18-15/h7-10,15H,1,11-13H2,2-6H3/b10-9-,14-8+. The molecule has 0 bridgehead atoms. The minimum absolute atomic E-state index is 0.210. The van der Waals surface area contributed by atoms with Gasteiger partial charge in [0.05, 0.1) is 0 Å². The molecule has 1 saturated heterocycles. The van der Waals surface area contributed by atoms with Crippen LogP contribution in [0.1, 0.15) is 41.0 Å². The molecule has 1 aliphatic rings. The first kappa shape index (κ1) is 17.0. The van der Waals surface area contributed by atoms with Crippen LogP contribution in [0.4, 0.5) is 0 Å². The Bertz CT molecular complexity index is 357. The molecule has 1 unspecified atom stereocenters. The quantitative estimate of drug-likeness (QED) is 0.415. The molecule has 0 aromatic carbocycles. The molecule has 0 amide bonds. The SMILES string of the molecule is C=C/C=C\C(=C/C)C(C)(C)CC(C)(C)SCC1CS1. The van der Waals surface area contributed by atoms with Crippen molar-refractivity contribution in [3.05, 3.63) is 36.5 Å². The highest BCUT2D eigenvalue weighted by molar-refractivity contribution is 8.09. The minimum atomic E-state index is 0.210. The van der Waals surface area contributed by atoms with Crippen molar-refractivity contribution in [1.82, 2.24) is 0 Å². The lowest BCUT2D eigenvalue weighted by Gasteiger charge is -2.35. The fraction of sp³-hybridized carbons (Fsp3) is 0.647. The topological polar surface area (TPSA) is 0 Å². The molecule has 19 heavy (non-hydrogen) atoms. The fourth-order valence-electron chi connectivity index (χ4n) is 2.58. The molecule has 0 nitrogen and oxygen atoms in total. The van der Waals surface area contributed by atoms with Crippen molar-refractivity contribution in [1.29, 1.82) is 0 Å². The highest BCUT2D eigenvalue weighted by Gasteiger charge is 2.33. The van der Waals surface area contributed by atoms with Crippen molar-refractivity contribution >= 4 is 23.5 Å². The number of hydrogen-bond acceptors (Lipinski definition) is 2. The van der Waals surface area contributed by atoms with Crippen LogP contribution in [0.5, 0.6) is 0 Å². The van der Waals surface area contributed by atoms with E-state index in [0.717, 1.165) is 5.25 Å². The maximum Gasteiger partial charge on any atom is 0.0229 e. The van der Waals surface area contributed by atoms with Crippen LogP contribution >= 0.6 is 23.5 Å². The molecule has 1 heterocycles. The van der Waals surface area contributed by atoms with Crippen LogP contribution in [0.3, 0.4) is 0 Å². The van der Waals surface area contributed by atoms with Crippen molar-refractivity contribution in [2.24, 2.45) is 5.41 Å². The summed E-state index contributed by atoms with van der Waals surface area (Å²) >= 11 is 4.23. The average molecular weight is 297 g/mol. The van der Waals surface area contributed by atoms with Crippen LogP contribution in [0, 0.1) is 5.41 Å². The van der Waals surface area contributed by atoms with E-state index in [2.05, 4.69) is 76.9 Å². The third-order valence-electron chi connectivity index (χ3n) is 3.43. The van der Waals surface area contributed by atoms with Gasteiger partial charge in [0.1, 0.15) is 0 Å². The van der Waals surface area contributed by atoms with E-state index in [-0.39, 0.29) is 5.41 Å². The molecular weight excluding hydrogens is 268 g/mol. The van der Waals surface area contributed by atoms with Gasteiger partial charge in [-0.3, -0.25) is 0 Å². The van der Waals surface area contributed by atoms with Gasteiger partial charge in [-0.05, 0) is 24.3 Å².